The van der Waals surface area contributed by atoms with Gasteiger partial charge in [0.1, 0.15) is 0 Å². The highest BCUT2D eigenvalue weighted by atomic mass is 16.5. The van der Waals surface area contributed by atoms with Gasteiger partial charge in [-0.1, -0.05) is 5.57 Å². The van der Waals surface area contributed by atoms with Crippen LogP contribution in [-0.2, 0) is 0 Å². The normalized spacial score (nSPS) is 9.43. The van der Waals surface area contributed by atoms with Gasteiger partial charge in [-0.15, -0.1) is 4.98 Å². The van der Waals surface area contributed by atoms with E-state index in [-0.39, 0.29) is 12.0 Å². The molecule has 1 heterocycles. The van der Waals surface area contributed by atoms with Crippen LogP contribution >= 0.6 is 0 Å². The Hall–Kier alpha value is -1.65. The van der Waals surface area contributed by atoms with Crippen LogP contribution in [-0.4, -0.2) is 29.2 Å². The Morgan fingerprint density at radius 2 is 1.50 bits per heavy atom. The fraction of sp³-hybridized carbons (Fsp3) is 0.444. The van der Waals surface area contributed by atoms with Crippen molar-refractivity contribution in [1.29, 1.82) is 0 Å². The molecule has 5 heteroatoms. The highest BCUT2D eigenvalue weighted by molar-refractivity contribution is 5.43. The molecule has 0 fully saturated rings. The van der Waals surface area contributed by atoms with Crippen molar-refractivity contribution < 1.29 is 9.47 Å². The molecule has 0 spiro atoms. The largest absolute Gasteiger partial charge is 0.467 e. The third kappa shape index (κ3) is 2.69. The number of aromatic nitrogens is 3. The lowest BCUT2D eigenvalue weighted by Crippen LogP contribution is -2.00. The first-order valence-corrected chi connectivity index (χ1v) is 4.14. The van der Waals surface area contributed by atoms with Gasteiger partial charge in [-0.25, -0.2) is 0 Å². The standard InChI is InChI=1S/C9H13N3O2/c1-6(2)5-7-10-8(13-3)12-9(11-7)14-4/h5H,1-4H3. The van der Waals surface area contributed by atoms with Crippen LogP contribution in [0.2, 0.25) is 0 Å². The summed E-state index contributed by atoms with van der Waals surface area (Å²) in [5.74, 6) is 0.536. The SMILES string of the molecule is COc1nc(C=C(C)C)nc(OC)n1. The summed E-state index contributed by atoms with van der Waals surface area (Å²) in [6, 6.07) is 0.508. The summed E-state index contributed by atoms with van der Waals surface area (Å²) in [7, 11) is 3.00. The van der Waals surface area contributed by atoms with Gasteiger partial charge in [0.15, 0.2) is 5.82 Å². The number of hydrogen-bond donors (Lipinski definition) is 0. The van der Waals surface area contributed by atoms with Crippen molar-refractivity contribution in [3.05, 3.63) is 11.4 Å². The Labute approximate surface area is 82.8 Å². The van der Waals surface area contributed by atoms with E-state index in [0.29, 0.717) is 5.82 Å². The molecule has 0 amide bonds. The van der Waals surface area contributed by atoms with Gasteiger partial charge in [-0.05, 0) is 19.9 Å². The molecule has 0 aliphatic carbocycles. The van der Waals surface area contributed by atoms with Crippen LogP contribution in [0, 0.1) is 0 Å². The van der Waals surface area contributed by atoms with Crippen molar-refractivity contribution in [2.75, 3.05) is 14.2 Å². The summed E-state index contributed by atoms with van der Waals surface area (Å²) in [5.41, 5.74) is 1.10. The third-order valence-corrected chi connectivity index (χ3v) is 1.39. The second-order valence-electron chi connectivity index (χ2n) is 2.89. The number of allylic oxidation sites excluding steroid dienone is 1. The lowest BCUT2D eigenvalue weighted by Gasteiger charge is -2.02. The van der Waals surface area contributed by atoms with E-state index in [0.717, 1.165) is 5.57 Å². The van der Waals surface area contributed by atoms with Gasteiger partial charge in [0.2, 0.25) is 0 Å². The van der Waals surface area contributed by atoms with Gasteiger partial charge in [-0.3, -0.25) is 0 Å². The Morgan fingerprint density at radius 1 is 1.00 bits per heavy atom. The molecule has 1 rings (SSSR count). The lowest BCUT2D eigenvalue weighted by atomic mass is 10.3. The van der Waals surface area contributed by atoms with Gasteiger partial charge >= 0.3 is 12.0 Å². The Bertz CT molecular complexity index is 324. The number of ether oxygens (including phenoxy) is 2. The van der Waals surface area contributed by atoms with Gasteiger partial charge in [0.05, 0.1) is 14.2 Å². The molecule has 0 aromatic carbocycles. The Kier molecular flexibility index (Phi) is 3.39. The van der Waals surface area contributed by atoms with E-state index in [2.05, 4.69) is 15.0 Å². The highest BCUT2D eigenvalue weighted by Gasteiger charge is 2.04. The molecule has 14 heavy (non-hydrogen) atoms. The van der Waals surface area contributed by atoms with Gasteiger partial charge < -0.3 is 9.47 Å². The average molecular weight is 195 g/mol. The zero-order valence-corrected chi connectivity index (χ0v) is 8.74. The van der Waals surface area contributed by atoms with Crippen molar-refractivity contribution in [2.24, 2.45) is 0 Å². The molecule has 0 saturated carbocycles. The Morgan fingerprint density at radius 3 is 1.86 bits per heavy atom. The van der Waals surface area contributed by atoms with Gasteiger partial charge in [0, 0.05) is 0 Å². The minimum absolute atomic E-state index is 0.254. The smallest absolute Gasteiger partial charge is 0.322 e. The molecule has 76 valence electrons. The maximum atomic E-state index is 4.91. The summed E-state index contributed by atoms with van der Waals surface area (Å²) in [5, 5.41) is 0. The van der Waals surface area contributed by atoms with Crippen LogP contribution in [0.3, 0.4) is 0 Å². The molecule has 0 unspecified atom stereocenters. The van der Waals surface area contributed by atoms with Crippen molar-refractivity contribution in [2.45, 2.75) is 13.8 Å². The van der Waals surface area contributed by atoms with Gasteiger partial charge in [-0.2, -0.15) is 9.97 Å². The molecule has 0 N–H and O–H groups in total. The molecule has 0 aliphatic rings. The summed E-state index contributed by atoms with van der Waals surface area (Å²) in [6.07, 6.45) is 1.83. The van der Waals surface area contributed by atoms with E-state index >= 15 is 0 Å². The van der Waals surface area contributed by atoms with Crippen LogP contribution in [0.25, 0.3) is 6.08 Å². The predicted octanol–water partition coefficient (Wildman–Crippen LogP) is 1.31. The number of methoxy groups -OCH3 is 2. The van der Waals surface area contributed by atoms with Crippen LogP contribution in [0.1, 0.15) is 19.7 Å². The van der Waals surface area contributed by atoms with Crippen molar-refractivity contribution in [3.63, 3.8) is 0 Å². The first-order valence-electron chi connectivity index (χ1n) is 4.14. The number of nitrogens with zero attached hydrogens (tertiary/aromatic N) is 3. The van der Waals surface area contributed by atoms with Crippen molar-refractivity contribution >= 4 is 6.08 Å². The predicted molar refractivity (Wildman–Crippen MR) is 52.3 cm³/mol. The van der Waals surface area contributed by atoms with Crippen LogP contribution in [0.4, 0.5) is 0 Å². The number of hydrogen-bond acceptors (Lipinski definition) is 5. The Balaban J connectivity index is 3.10. The zero-order valence-electron chi connectivity index (χ0n) is 8.74. The molecule has 0 saturated heterocycles. The molecule has 0 aliphatic heterocycles. The fourth-order valence-corrected chi connectivity index (χ4v) is 0.858. The molecule has 0 bridgehead atoms. The molecular formula is C9H13N3O2. The molecule has 5 nitrogen and oxygen atoms in total. The fourth-order valence-electron chi connectivity index (χ4n) is 0.858. The molecular weight excluding hydrogens is 182 g/mol. The third-order valence-electron chi connectivity index (χ3n) is 1.39. The molecule has 1 aromatic rings. The molecule has 0 atom stereocenters. The second kappa shape index (κ2) is 4.55. The topological polar surface area (TPSA) is 57.1 Å². The van der Waals surface area contributed by atoms with E-state index in [4.69, 9.17) is 9.47 Å². The lowest BCUT2D eigenvalue weighted by molar-refractivity contribution is 0.339. The van der Waals surface area contributed by atoms with Gasteiger partial charge in [0.25, 0.3) is 0 Å². The maximum absolute atomic E-state index is 4.91. The van der Waals surface area contributed by atoms with Crippen LogP contribution in [0.5, 0.6) is 12.0 Å². The van der Waals surface area contributed by atoms with Crippen molar-refractivity contribution in [3.8, 4) is 12.0 Å². The zero-order chi connectivity index (χ0) is 10.6. The highest BCUT2D eigenvalue weighted by Crippen LogP contribution is 2.10. The van der Waals surface area contributed by atoms with E-state index in [9.17, 15) is 0 Å². The van der Waals surface area contributed by atoms with E-state index in [1.54, 1.807) is 0 Å². The maximum Gasteiger partial charge on any atom is 0.322 e. The minimum Gasteiger partial charge on any atom is -0.467 e. The summed E-state index contributed by atoms with van der Waals surface area (Å²) >= 11 is 0. The molecule has 1 aromatic heterocycles. The minimum atomic E-state index is 0.254. The van der Waals surface area contributed by atoms with E-state index in [1.807, 2.05) is 19.9 Å². The summed E-state index contributed by atoms with van der Waals surface area (Å²) in [6.45, 7) is 3.92. The second-order valence-corrected chi connectivity index (χ2v) is 2.89. The van der Waals surface area contributed by atoms with E-state index < -0.39 is 0 Å². The quantitative estimate of drug-likeness (QED) is 0.727. The summed E-state index contributed by atoms with van der Waals surface area (Å²) in [4.78, 5) is 12.0. The average Bonchev–Trinajstić information content (AvgIpc) is 2.16. The van der Waals surface area contributed by atoms with Crippen LogP contribution in [0.15, 0.2) is 5.57 Å². The van der Waals surface area contributed by atoms with Crippen molar-refractivity contribution in [1.82, 2.24) is 15.0 Å². The monoisotopic (exact) mass is 195 g/mol. The number of rotatable bonds is 3. The summed E-state index contributed by atoms with van der Waals surface area (Å²) < 4.78 is 9.81. The first kappa shape index (κ1) is 10.4. The van der Waals surface area contributed by atoms with E-state index in [1.165, 1.54) is 14.2 Å². The van der Waals surface area contributed by atoms with Crippen LogP contribution < -0.4 is 9.47 Å². The first-order chi connectivity index (χ1) is 6.65. The molecule has 0 radical (unpaired) electrons.